The summed E-state index contributed by atoms with van der Waals surface area (Å²) in [7, 11) is 1.28. The van der Waals surface area contributed by atoms with Crippen LogP contribution in [0, 0.1) is 43.4 Å². The van der Waals surface area contributed by atoms with Gasteiger partial charge in [0.05, 0.1) is 16.4 Å². The van der Waals surface area contributed by atoms with Gasteiger partial charge in [0.15, 0.2) is 17.1 Å². The fraction of sp³-hybridized carbons (Fsp3) is 0.0833. The van der Waals surface area contributed by atoms with Crippen LogP contribution in [-0.4, -0.2) is 7.11 Å². The van der Waals surface area contributed by atoms with Crippen LogP contribution in [0.4, 0.5) is 10.1 Å². The molecule has 1 aromatic rings. The van der Waals surface area contributed by atoms with Crippen molar-refractivity contribution in [3.63, 3.8) is 0 Å². The van der Waals surface area contributed by atoms with E-state index in [1.807, 2.05) is 0 Å². The second-order valence-electron chi connectivity index (χ2n) is 3.15. The van der Waals surface area contributed by atoms with E-state index in [1.54, 1.807) is 40.8 Å². The van der Waals surface area contributed by atoms with Gasteiger partial charge in [-0.05, 0) is 34.7 Å². The monoisotopic (exact) mass is 368 g/mol. The molecular formula is C12H6FIN4O. The van der Waals surface area contributed by atoms with E-state index in [0.29, 0.717) is 3.57 Å². The van der Waals surface area contributed by atoms with Crippen LogP contribution in [0.25, 0.3) is 0 Å². The third-order valence-corrected chi connectivity index (χ3v) is 2.93. The lowest BCUT2D eigenvalue weighted by molar-refractivity contribution is 0.387. The molecule has 0 saturated heterocycles. The highest BCUT2D eigenvalue weighted by Gasteiger charge is 2.15. The van der Waals surface area contributed by atoms with E-state index in [0.717, 1.165) is 0 Å². The van der Waals surface area contributed by atoms with Crippen LogP contribution >= 0.6 is 22.6 Å². The number of hydrogen-bond donors (Lipinski definition) is 1. The summed E-state index contributed by atoms with van der Waals surface area (Å²) < 4.78 is 19.0. The number of allylic oxidation sites excluding steroid dienone is 2. The maximum atomic E-state index is 13.8. The number of nitrogens with zero attached hydrogens (tertiary/aromatic N) is 3. The van der Waals surface area contributed by atoms with Crippen LogP contribution in [-0.2, 0) is 0 Å². The van der Waals surface area contributed by atoms with Crippen molar-refractivity contribution in [3.8, 4) is 24.0 Å². The average molecular weight is 368 g/mol. The fourth-order valence-corrected chi connectivity index (χ4v) is 1.67. The molecule has 0 aromatic heterocycles. The maximum absolute atomic E-state index is 13.8. The Hall–Kier alpha value is -2.31. The molecule has 1 rings (SSSR count). The fourth-order valence-electron chi connectivity index (χ4n) is 1.25. The molecule has 1 N–H and O–H groups in total. The summed E-state index contributed by atoms with van der Waals surface area (Å²) in [4.78, 5) is 0. The Balaban J connectivity index is 3.33. The van der Waals surface area contributed by atoms with E-state index in [4.69, 9.17) is 20.5 Å². The summed E-state index contributed by atoms with van der Waals surface area (Å²) in [6, 6.07) is 7.82. The van der Waals surface area contributed by atoms with Crippen molar-refractivity contribution >= 4 is 28.3 Å². The van der Waals surface area contributed by atoms with Gasteiger partial charge in [-0.2, -0.15) is 15.8 Å². The van der Waals surface area contributed by atoms with Gasteiger partial charge in [-0.15, -0.1) is 0 Å². The molecule has 0 amide bonds. The first-order valence-electron chi connectivity index (χ1n) is 4.82. The molecule has 19 heavy (non-hydrogen) atoms. The highest BCUT2D eigenvalue weighted by molar-refractivity contribution is 14.1. The van der Waals surface area contributed by atoms with Crippen molar-refractivity contribution in [3.05, 3.63) is 32.8 Å². The molecule has 0 aliphatic rings. The summed E-state index contributed by atoms with van der Waals surface area (Å²) in [5.41, 5.74) is -0.479. The second kappa shape index (κ2) is 6.58. The number of rotatable bonds is 3. The zero-order valence-corrected chi connectivity index (χ0v) is 11.8. The summed E-state index contributed by atoms with van der Waals surface area (Å²) >= 11 is 1.80. The van der Waals surface area contributed by atoms with Crippen LogP contribution in [0.15, 0.2) is 23.4 Å². The maximum Gasteiger partial charge on any atom is 0.180 e. The predicted octanol–water partition coefficient (Wildman–Crippen LogP) is 2.68. The van der Waals surface area contributed by atoms with Crippen LogP contribution < -0.4 is 10.1 Å². The Morgan fingerprint density at radius 3 is 2.37 bits per heavy atom. The molecule has 0 aliphatic carbocycles. The third-order valence-electron chi connectivity index (χ3n) is 2.10. The van der Waals surface area contributed by atoms with Gasteiger partial charge in [0.25, 0.3) is 0 Å². The number of methoxy groups -OCH3 is 1. The molecule has 0 saturated carbocycles. The number of nitriles is 3. The van der Waals surface area contributed by atoms with E-state index in [2.05, 4.69) is 5.32 Å². The SMILES string of the molecule is COc1c(NC(C#N)=C(C#N)C#N)ccc(I)c1F. The molecule has 0 heterocycles. The molecule has 0 unspecified atom stereocenters. The summed E-state index contributed by atoms with van der Waals surface area (Å²) in [5, 5.41) is 28.8. The first-order valence-corrected chi connectivity index (χ1v) is 5.90. The smallest absolute Gasteiger partial charge is 0.180 e. The topological polar surface area (TPSA) is 92.6 Å². The molecule has 0 spiro atoms. The Labute approximate surface area is 122 Å². The normalized spacial score (nSPS) is 8.63. The van der Waals surface area contributed by atoms with Crippen molar-refractivity contribution in [2.24, 2.45) is 0 Å². The van der Waals surface area contributed by atoms with Crippen molar-refractivity contribution in [1.82, 2.24) is 0 Å². The Bertz CT molecular complexity index is 648. The lowest BCUT2D eigenvalue weighted by Crippen LogP contribution is -2.04. The summed E-state index contributed by atoms with van der Waals surface area (Å²) in [5.74, 6) is -0.671. The van der Waals surface area contributed by atoms with E-state index in [9.17, 15) is 4.39 Å². The Kier molecular flexibility index (Phi) is 5.11. The predicted molar refractivity (Wildman–Crippen MR) is 73.2 cm³/mol. The second-order valence-corrected chi connectivity index (χ2v) is 4.31. The summed E-state index contributed by atoms with van der Waals surface area (Å²) in [6.45, 7) is 0. The zero-order valence-electron chi connectivity index (χ0n) is 9.66. The van der Waals surface area contributed by atoms with Crippen molar-refractivity contribution in [1.29, 1.82) is 15.8 Å². The quantitative estimate of drug-likeness (QED) is 0.654. The van der Waals surface area contributed by atoms with Gasteiger partial charge in [0.2, 0.25) is 0 Å². The van der Waals surface area contributed by atoms with Gasteiger partial charge in [0.1, 0.15) is 23.9 Å². The molecule has 7 heteroatoms. The van der Waals surface area contributed by atoms with Gasteiger partial charge < -0.3 is 10.1 Å². The lowest BCUT2D eigenvalue weighted by atomic mass is 10.2. The number of anilines is 1. The molecule has 0 radical (unpaired) electrons. The molecule has 0 aliphatic heterocycles. The first kappa shape index (κ1) is 14.7. The standard InChI is InChI=1S/C12H6FIN4O/c1-19-12-9(3-2-8(14)11(12)13)18-10(6-17)7(4-15)5-16/h2-3,18H,1H3. The molecule has 94 valence electrons. The van der Waals surface area contributed by atoms with E-state index in [-0.39, 0.29) is 22.7 Å². The first-order chi connectivity index (χ1) is 9.08. The number of nitrogens with one attached hydrogen (secondary N) is 1. The van der Waals surface area contributed by atoms with Gasteiger partial charge in [0, 0.05) is 0 Å². The van der Waals surface area contributed by atoms with Gasteiger partial charge in [-0.25, -0.2) is 4.39 Å². The average Bonchev–Trinajstić information content (AvgIpc) is 2.43. The zero-order chi connectivity index (χ0) is 14.4. The summed E-state index contributed by atoms with van der Waals surface area (Å²) in [6.07, 6.45) is 0. The van der Waals surface area contributed by atoms with Crippen LogP contribution in [0.2, 0.25) is 0 Å². The minimum atomic E-state index is -0.583. The molecule has 5 nitrogen and oxygen atoms in total. The molecule has 0 bridgehead atoms. The van der Waals surface area contributed by atoms with Gasteiger partial charge in [-0.3, -0.25) is 0 Å². The van der Waals surface area contributed by atoms with E-state index in [1.165, 1.54) is 19.2 Å². The molecule has 1 aromatic carbocycles. The molecule has 0 fully saturated rings. The van der Waals surface area contributed by atoms with Crippen LogP contribution in [0.1, 0.15) is 0 Å². The van der Waals surface area contributed by atoms with Crippen molar-refractivity contribution in [2.75, 3.05) is 12.4 Å². The van der Waals surface area contributed by atoms with Crippen molar-refractivity contribution in [2.45, 2.75) is 0 Å². The van der Waals surface area contributed by atoms with Crippen LogP contribution in [0.3, 0.4) is 0 Å². The number of halogens is 2. The highest BCUT2D eigenvalue weighted by atomic mass is 127. The minimum absolute atomic E-state index is 0.0881. The minimum Gasteiger partial charge on any atom is -0.492 e. The van der Waals surface area contributed by atoms with Gasteiger partial charge >= 0.3 is 0 Å². The number of hydrogen-bond acceptors (Lipinski definition) is 5. The molecular weight excluding hydrogens is 362 g/mol. The van der Waals surface area contributed by atoms with E-state index >= 15 is 0 Å². The number of benzene rings is 1. The highest BCUT2D eigenvalue weighted by Crippen LogP contribution is 2.31. The third kappa shape index (κ3) is 3.12. The largest absolute Gasteiger partial charge is 0.492 e. The van der Waals surface area contributed by atoms with Gasteiger partial charge in [-0.1, -0.05) is 0 Å². The molecule has 0 atom stereocenters. The Morgan fingerprint density at radius 1 is 1.26 bits per heavy atom. The number of ether oxygens (including phenoxy) is 1. The lowest BCUT2D eigenvalue weighted by Gasteiger charge is -2.11. The van der Waals surface area contributed by atoms with Crippen LogP contribution in [0.5, 0.6) is 5.75 Å². The van der Waals surface area contributed by atoms with Crippen molar-refractivity contribution < 1.29 is 9.13 Å². The van der Waals surface area contributed by atoms with E-state index < -0.39 is 5.82 Å². The Morgan fingerprint density at radius 2 is 1.89 bits per heavy atom.